The second-order valence-electron chi connectivity index (χ2n) is 6.70. The van der Waals surface area contributed by atoms with E-state index in [1.807, 2.05) is 54.7 Å². The number of esters is 2. The zero-order chi connectivity index (χ0) is 21.3. The number of halogens is 1. The third kappa shape index (κ3) is 3.41. The van der Waals surface area contributed by atoms with Gasteiger partial charge in [-0.3, -0.25) is 0 Å². The number of aromatic nitrogens is 1. The molecule has 152 valence electrons. The molecular formula is C23H19BrN2O4. The first-order valence-electron chi connectivity index (χ1n) is 9.24. The van der Waals surface area contributed by atoms with E-state index in [0.717, 1.165) is 38.1 Å². The lowest BCUT2D eigenvalue weighted by molar-refractivity contribution is -0.139. The Morgan fingerprint density at radius 2 is 1.87 bits per heavy atom. The first-order chi connectivity index (χ1) is 14.5. The highest BCUT2D eigenvalue weighted by Gasteiger charge is 2.33. The van der Waals surface area contributed by atoms with Crippen molar-refractivity contribution in [3.63, 3.8) is 0 Å². The molecule has 0 aliphatic carbocycles. The molecule has 1 aliphatic heterocycles. The van der Waals surface area contributed by atoms with Gasteiger partial charge < -0.3 is 19.4 Å². The minimum absolute atomic E-state index is 0.0847. The van der Waals surface area contributed by atoms with Crippen molar-refractivity contribution >= 4 is 44.8 Å². The molecule has 0 saturated heterocycles. The van der Waals surface area contributed by atoms with E-state index in [1.54, 1.807) is 11.1 Å². The highest BCUT2D eigenvalue weighted by atomic mass is 79.9. The summed E-state index contributed by atoms with van der Waals surface area (Å²) in [4.78, 5) is 29.7. The molecule has 1 atom stereocenters. The van der Waals surface area contributed by atoms with Gasteiger partial charge in [-0.1, -0.05) is 46.3 Å². The Hall–Kier alpha value is -3.32. The second kappa shape index (κ2) is 8.20. The van der Waals surface area contributed by atoms with Crippen LogP contribution in [-0.2, 0) is 19.1 Å². The van der Waals surface area contributed by atoms with E-state index in [9.17, 15) is 9.59 Å². The fraction of sp³-hybridized carbons (Fsp3) is 0.130. The Balaban J connectivity index is 1.96. The molecule has 0 amide bonds. The Labute approximate surface area is 181 Å². The number of ether oxygens (including phenoxy) is 2. The van der Waals surface area contributed by atoms with Gasteiger partial charge in [-0.05, 0) is 29.3 Å². The molecule has 0 saturated carbocycles. The number of aromatic amines is 1. The van der Waals surface area contributed by atoms with Crippen LogP contribution < -0.4 is 0 Å². The predicted molar refractivity (Wildman–Crippen MR) is 117 cm³/mol. The van der Waals surface area contributed by atoms with Crippen LogP contribution in [0.2, 0.25) is 0 Å². The van der Waals surface area contributed by atoms with E-state index in [1.165, 1.54) is 14.2 Å². The topological polar surface area (TPSA) is 71.6 Å². The molecule has 30 heavy (non-hydrogen) atoms. The summed E-state index contributed by atoms with van der Waals surface area (Å²) >= 11 is 3.62. The molecule has 6 nitrogen and oxygen atoms in total. The van der Waals surface area contributed by atoms with Crippen molar-refractivity contribution in [2.75, 3.05) is 14.2 Å². The van der Waals surface area contributed by atoms with Crippen LogP contribution in [0.25, 0.3) is 17.0 Å². The van der Waals surface area contributed by atoms with Gasteiger partial charge in [-0.15, -0.1) is 0 Å². The SMILES string of the molecule is COC(=O)/C=C(\C(=O)OC)N1C=Cc2c(Br)cccc2C1c1c[nH]c2ccccc12. The number of nitrogens with zero attached hydrogens (tertiary/aromatic N) is 1. The minimum Gasteiger partial charge on any atom is -0.466 e. The highest BCUT2D eigenvalue weighted by molar-refractivity contribution is 9.10. The van der Waals surface area contributed by atoms with Crippen LogP contribution >= 0.6 is 15.9 Å². The summed E-state index contributed by atoms with van der Waals surface area (Å²) in [7, 11) is 2.55. The summed E-state index contributed by atoms with van der Waals surface area (Å²) in [6, 6.07) is 13.5. The zero-order valence-electron chi connectivity index (χ0n) is 16.4. The average molecular weight is 467 g/mol. The number of methoxy groups -OCH3 is 2. The van der Waals surface area contributed by atoms with Crippen LogP contribution in [0.15, 0.2) is 71.1 Å². The number of rotatable bonds is 4. The van der Waals surface area contributed by atoms with Gasteiger partial charge in [0.25, 0.3) is 0 Å². The largest absolute Gasteiger partial charge is 0.466 e. The Morgan fingerprint density at radius 3 is 2.63 bits per heavy atom. The van der Waals surface area contributed by atoms with Crippen molar-refractivity contribution in [1.29, 1.82) is 0 Å². The third-order valence-electron chi connectivity index (χ3n) is 5.11. The standard InChI is InChI=1S/C23H19BrN2O4/c1-29-21(27)12-20(23(28)30-2)26-11-10-14-16(7-5-8-18(14)24)22(26)17-13-25-19-9-4-3-6-15(17)19/h3-13,22,25H,1-2H3/b20-12+. The van der Waals surface area contributed by atoms with E-state index < -0.39 is 11.9 Å². The van der Waals surface area contributed by atoms with Gasteiger partial charge >= 0.3 is 11.9 Å². The number of para-hydroxylation sites is 1. The van der Waals surface area contributed by atoms with Crippen LogP contribution in [0.5, 0.6) is 0 Å². The van der Waals surface area contributed by atoms with E-state index in [4.69, 9.17) is 9.47 Å². The third-order valence-corrected chi connectivity index (χ3v) is 5.80. The molecule has 0 bridgehead atoms. The van der Waals surface area contributed by atoms with E-state index in [-0.39, 0.29) is 11.7 Å². The van der Waals surface area contributed by atoms with Gasteiger partial charge in [-0.25, -0.2) is 9.59 Å². The number of H-pyrrole nitrogens is 1. The quantitative estimate of drug-likeness (QED) is 0.451. The molecule has 1 unspecified atom stereocenters. The fourth-order valence-corrected chi connectivity index (χ4v) is 4.24. The maximum Gasteiger partial charge on any atom is 0.354 e. The monoisotopic (exact) mass is 466 g/mol. The summed E-state index contributed by atoms with van der Waals surface area (Å²) in [6.45, 7) is 0. The van der Waals surface area contributed by atoms with Crippen molar-refractivity contribution in [3.8, 4) is 0 Å². The van der Waals surface area contributed by atoms with Gasteiger partial charge in [-0.2, -0.15) is 0 Å². The summed E-state index contributed by atoms with van der Waals surface area (Å²) < 4.78 is 10.7. The number of hydrogen-bond donors (Lipinski definition) is 1. The second-order valence-corrected chi connectivity index (χ2v) is 7.56. The Kier molecular flexibility index (Phi) is 5.46. The maximum absolute atomic E-state index is 12.6. The lowest BCUT2D eigenvalue weighted by atomic mass is 9.90. The van der Waals surface area contributed by atoms with Crippen LogP contribution in [0.4, 0.5) is 0 Å². The Morgan fingerprint density at radius 1 is 1.07 bits per heavy atom. The Bertz CT molecular complexity index is 1190. The number of hydrogen-bond acceptors (Lipinski definition) is 5. The van der Waals surface area contributed by atoms with Gasteiger partial charge in [0.2, 0.25) is 0 Å². The number of nitrogens with one attached hydrogen (secondary N) is 1. The van der Waals surface area contributed by atoms with Crippen molar-refractivity contribution in [1.82, 2.24) is 9.88 Å². The van der Waals surface area contributed by atoms with Crippen molar-refractivity contribution in [2.24, 2.45) is 0 Å². The van der Waals surface area contributed by atoms with E-state index >= 15 is 0 Å². The van der Waals surface area contributed by atoms with Crippen LogP contribution in [0.1, 0.15) is 22.7 Å². The molecule has 3 aromatic rings. The van der Waals surface area contributed by atoms with Gasteiger partial charge in [0.05, 0.1) is 26.3 Å². The molecular weight excluding hydrogens is 448 g/mol. The lowest BCUT2D eigenvalue weighted by Crippen LogP contribution is -2.31. The number of fused-ring (bicyclic) bond motifs is 2. The normalized spacial score (nSPS) is 15.8. The molecule has 2 aromatic carbocycles. The summed E-state index contributed by atoms with van der Waals surface area (Å²) in [5.74, 6) is -1.27. The smallest absolute Gasteiger partial charge is 0.354 e. The zero-order valence-corrected chi connectivity index (χ0v) is 18.0. The molecule has 2 heterocycles. The van der Waals surface area contributed by atoms with Crippen LogP contribution in [-0.4, -0.2) is 36.0 Å². The molecule has 1 aliphatic rings. The van der Waals surface area contributed by atoms with Crippen molar-refractivity contribution < 1.29 is 19.1 Å². The number of carbonyl (C=O) groups excluding carboxylic acids is 2. The van der Waals surface area contributed by atoms with Crippen molar-refractivity contribution in [3.05, 3.63) is 87.8 Å². The van der Waals surface area contributed by atoms with E-state index in [0.29, 0.717) is 0 Å². The molecule has 1 N–H and O–H groups in total. The van der Waals surface area contributed by atoms with Crippen molar-refractivity contribution in [2.45, 2.75) is 6.04 Å². The molecule has 0 fully saturated rings. The van der Waals surface area contributed by atoms with Gasteiger partial charge in [0.1, 0.15) is 5.70 Å². The van der Waals surface area contributed by atoms with Gasteiger partial charge in [0, 0.05) is 33.3 Å². The first-order valence-corrected chi connectivity index (χ1v) is 10.0. The number of benzene rings is 2. The fourth-order valence-electron chi connectivity index (χ4n) is 3.73. The maximum atomic E-state index is 12.6. The summed E-state index contributed by atoms with van der Waals surface area (Å²) in [5, 5.41) is 1.02. The predicted octanol–water partition coefficient (Wildman–Crippen LogP) is 4.54. The first kappa shape index (κ1) is 20.0. The molecule has 1 aromatic heterocycles. The average Bonchev–Trinajstić information content (AvgIpc) is 3.20. The van der Waals surface area contributed by atoms with Gasteiger partial charge in [0.15, 0.2) is 0 Å². The van der Waals surface area contributed by atoms with E-state index in [2.05, 4.69) is 20.9 Å². The van der Waals surface area contributed by atoms with Crippen LogP contribution in [0, 0.1) is 0 Å². The molecule has 0 spiro atoms. The van der Waals surface area contributed by atoms with Crippen LogP contribution in [0.3, 0.4) is 0 Å². The highest BCUT2D eigenvalue weighted by Crippen LogP contribution is 2.42. The molecule has 0 radical (unpaired) electrons. The summed E-state index contributed by atoms with van der Waals surface area (Å²) in [5.41, 5.74) is 4.02. The molecule has 4 rings (SSSR count). The molecule has 7 heteroatoms. The minimum atomic E-state index is -0.637. The summed E-state index contributed by atoms with van der Waals surface area (Å²) in [6.07, 6.45) is 6.77. The number of carbonyl (C=O) groups is 2. The lowest BCUT2D eigenvalue weighted by Gasteiger charge is -2.35.